The molecule has 3 heteroatoms. The van der Waals surface area contributed by atoms with E-state index in [2.05, 4.69) is 28.9 Å². The fourth-order valence-corrected chi connectivity index (χ4v) is 2.37. The average molecular weight is 270 g/mol. The van der Waals surface area contributed by atoms with Gasteiger partial charge in [0.05, 0.1) is 5.56 Å². The first kappa shape index (κ1) is 14.4. The van der Waals surface area contributed by atoms with E-state index in [1.807, 2.05) is 45.0 Å². The predicted octanol–water partition coefficient (Wildman–Crippen LogP) is 3.62. The van der Waals surface area contributed by atoms with E-state index < -0.39 is 0 Å². The second-order valence-electron chi connectivity index (χ2n) is 5.24. The maximum Gasteiger partial charge on any atom is 0.253 e. The normalized spacial score (nSPS) is 12.2. The lowest BCUT2D eigenvalue weighted by Crippen LogP contribution is -2.32. The summed E-state index contributed by atoms with van der Waals surface area (Å²) >= 11 is 0. The zero-order valence-corrected chi connectivity index (χ0v) is 12.6. The van der Waals surface area contributed by atoms with Crippen molar-refractivity contribution in [1.29, 1.82) is 0 Å². The molecule has 0 aliphatic rings. The fourth-order valence-electron chi connectivity index (χ4n) is 2.37. The molecule has 3 nitrogen and oxygen atoms in total. The van der Waals surface area contributed by atoms with Crippen LogP contribution in [-0.2, 0) is 0 Å². The van der Waals surface area contributed by atoms with Crippen LogP contribution in [0.25, 0.3) is 5.69 Å². The van der Waals surface area contributed by atoms with Crippen LogP contribution in [0.5, 0.6) is 0 Å². The molecule has 2 rings (SSSR count). The molecule has 0 fully saturated rings. The quantitative estimate of drug-likeness (QED) is 0.904. The number of rotatable bonds is 4. The van der Waals surface area contributed by atoms with Crippen molar-refractivity contribution < 1.29 is 4.79 Å². The molecule has 2 aromatic rings. The lowest BCUT2D eigenvalue weighted by atomic mass is 10.2. The maximum atomic E-state index is 12.3. The number of carbonyl (C=O) groups is 1. The zero-order valence-electron chi connectivity index (χ0n) is 12.6. The summed E-state index contributed by atoms with van der Waals surface area (Å²) in [5.41, 5.74) is 3.90. The first-order valence-corrected chi connectivity index (χ1v) is 7.09. The summed E-state index contributed by atoms with van der Waals surface area (Å²) in [5.74, 6) is 0.00892. The Morgan fingerprint density at radius 1 is 1.25 bits per heavy atom. The van der Waals surface area contributed by atoms with Gasteiger partial charge in [-0.25, -0.2) is 0 Å². The Kier molecular flexibility index (Phi) is 4.28. The Morgan fingerprint density at radius 2 is 1.90 bits per heavy atom. The van der Waals surface area contributed by atoms with E-state index in [-0.39, 0.29) is 11.9 Å². The molecule has 0 bridgehead atoms. The second-order valence-corrected chi connectivity index (χ2v) is 5.24. The molecule has 0 aliphatic carbocycles. The third-order valence-corrected chi connectivity index (χ3v) is 3.68. The largest absolute Gasteiger partial charge is 0.350 e. The number of para-hydroxylation sites is 1. The van der Waals surface area contributed by atoms with Gasteiger partial charge in [-0.2, -0.15) is 0 Å². The number of amides is 1. The molecule has 1 N–H and O–H groups in total. The number of nitrogens with one attached hydrogen (secondary N) is 1. The van der Waals surface area contributed by atoms with Crippen LogP contribution < -0.4 is 5.32 Å². The molecular formula is C17H22N2O. The Hall–Kier alpha value is -2.03. The van der Waals surface area contributed by atoms with Crippen LogP contribution in [0.2, 0.25) is 0 Å². The molecule has 0 radical (unpaired) electrons. The molecule has 1 aromatic heterocycles. The van der Waals surface area contributed by atoms with Gasteiger partial charge in [0.2, 0.25) is 0 Å². The van der Waals surface area contributed by atoms with Gasteiger partial charge in [-0.1, -0.05) is 25.1 Å². The highest BCUT2D eigenvalue weighted by atomic mass is 16.1. The summed E-state index contributed by atoms with van der Waals surface area (Å²) in [6.07, 6.45) is 0.934. The highest BCUT2D eigenvalue weighted by Crippen LogP contribution is 2.20. The summed E-state index contributed by atoms with van der Waals surface area (Å²) in [6.45, 7) is 8.11. The lowest BCUT2D eigenvalue weighted by molar-refractivity contribution is 0.0938. The highest BCUT2D eigenvalue weighted by molar-refractivity contribution is 5.96. The molecule has 0 saturated carbocycles. The van der Waals surface area contributed by atoms with E-state index in [1.54, 1.807) is 0 Å². The Morgan fingerprint density at radius 3 is 2.50 bits per heavy atom. The van der Waals surface area contributed by atoms with Crippen LogP contribution in [0.3, 0.4) is 0 Å². The van der Waals surface area contributed by atoms with Gasteiger partial charge in [0, 0.05) is 23.1 Å². The van der Waals surface area contributed by atoms with Crippen molar-refractivity contribution in [2.75, 3.05) is 0 Å². The summed E-state index contributed by atoms with van der Waals surface area (Å²) in [5, 5.41) is 3.03. The van der Waals surface area contributed by atoms with Gasteiger partial charge in [-0.15, -0.1) is 0 Å². The molecule has 0 saturated heterocycles. The Balaban J connectivity index is 2.37. The number of benzene rings is 1. The molecule has 1 aromatic carbocycles. The smallest absolute Gasteiger partial charge is 0.253 e. The number of aromatic nitrogens is 1. The number of aryl methyl sites for hydroxylation is 1. The molecule has 20 heavy (non-hydrogen) atoms. The molecule has 106 valence electrons. The van der Waals surface area contributed by atoms with Gasteiger partial charge in [0.15, 0.2) is 0 Å². The first-order valence-electron chi connectivity index (χ1n) is 7.09. The third kappa shape index (κ3) is 2.77. The van der Waals surface area contributed by atoms with Crippen molar-refractivity contribution in [2.24, 2.45) is 0 Å². The second kappa shape index (κ2) is 5.95. The molecule has 1 atom stereocenters. The van der Waals surface area contributed by atoms with Crippen LogP contribution in [0.1, 0.15) is 42.0 Å². The van der Waals surface area contributed by atoms with E-state index in [0.29, 0.717) is 0 Å². The van der Waals surface area contributed by atoms with Crippen LogP contribution >= 0.6 is 0 Å². The van der Waals surface area contributed by atoms with Crippen LogP contribution in [-0.4, -0.2) is 16.5 Å². The Bertz CT molecular complexity index is 599. The highest BCUT2D eigenvalue weighted by Gasteiger charge is 2.17. The first-order chi connectivity index (χ1) is 9.54. The van der Waals surface area contributed by atoms with Gasteiger partial charge in [0.25, 0.3) is 5.91 Å². The van der Waals surface area contributed by atoms with E-state index in [1.165, 1.54) is 0 Å². The topological polar surface area (TPSA) is 34.0 Å². The maximum absolute atomic E-state index is 12.3. The van der Waals surface area contributed by atoms with Gasteiger partial charge >= 0.3 is 0 Å². The van der Waals surface area contributed by atoms with Crippen molar-refractivity contribution in [3.8, 4) is 5.69 Å². The minimum absolute atomic E-state index is 0.00892. The Labute approximate surface area is 120 Å². The summed E-state index contributed by atoms with van der Waals surface area (Å²) in [4.78, 5) is 12.3. The zero-order chi connectivity index (χ0) is 14.7. The summed E-state index contributed by atoms with van der Waals surface area (Å²) < 4.78 is 2.12. The predicted molar refractivity (Wildman–Crippen MR) is 82.5 cm³/mol. The van der Waals surface area contributed by atoms with Crippen molar-refractivity contribution in [3.63, 3.8) is 0 Å². The molecule has 1 heterocycles. The minimum Gasteiger partial charge on any atom is -0.350 e. The minimum atomic E-state index is 0.00892. The number of nitrogens with zero attached hydrogens (tertiary/aromatic N) is 1. The fraction of sp³-hybridized carbons (Fsp3) is 0.353. The van der Waals surface area contributed by atoms with Crippen LogP contribution in [0.15, 0.2) is 36.4 Å². The van der Waals surface area contributed by atoms with Crippen molar-refractivity contribution in [2.45, 2.75) is 40.2 Å². The molecule has 1 amide bonds. The van der Waals surface area contributed by atoms with Crippen LogP contribution in [0, 0.1) is 13.8 Å². The molecule has 1 unspecified atom stereocenters. The van der Waals surface area contributed by atoms with Gasteiger partial charge in [-0.3, -0.25) is 4.79 Å². The lowest BCUT2D eigenvalue weighted by Gasteiger charge is -2.12. The van der Waals surface area contributed by atoms with Gasteiger partial charge in [0.1, 0.15) is 0 Å². The monoisotopic (exact) mass is 270 g/mol. The van der Waals surface area contributed by atoms with Crippen LogP contribution in [0.4, 0.5) is 0 Å². The summed E-state index contributed by atoms with van der Waals surface area (Å²) in [7, 11) is 0. The summed E-state index contributed by atoms with van der Waals surface area (Å²) in [6, 6.07) is 12.3. The number of hydrogen-bond donors (Lipinski definition) is 1. The van der Waals surface area contributed by atoms with E-state index in [4.69, 9.17) is 0 Å². The molecule has 0 aliphatic heterocycles. The van der Waals surface area contributed by atoms with Gasteiger partial charge in [-0.05, 0) is 45.4 Å². The molecular weight excluding hydrogens is 248 g/mol. The standard InChI is InChI=1S/C17H22N2O/c1-5-12(2)18-17(20)16-11-13(3)19(14(16)4)15-9-7-6-8-10-15/h6-12H,5H2,1-4H3,(H,18,20). The van der Waals surface area contributed by atoms with Gasteiger partial charge < -0.3 is 9.88 Å². The van der Waals surface area contributed by atoms with E-state index >= 15 is 0 Å². The SMILES string of the molecule is CCC(C)NC(=O)c1cc(C)n(-c2ccccc2)c1C. The van der Waals surface area contributed by atoms with Crippen molar-refractivity contribution in [3.05, 3.63) is 53.3 Å². The van der Waals surface area contributed by atoms with E-state index in [0.717, 1.165) is 29.1 Å². The average Bonchev–Trinajstić information content (AvgIpc) is 2.75. The van der Waals surface area contributed by atoms with Crippen molar-refractivity contribution >= 4 is 5.91 Å². The van der Waals surface area contributed by atoms with Crippen molar-refractivity contribution in [1.82, 2.24) is 9.88 Å². The third-order valence-electron chi connectivity index (χ3n) is 3.68. The molecule has 0 spiro atoms. The number of carbonyl (C=O) groups excluding carboxylic acids is 1. The number of hydrogen-bond acceptors (Lipinski definition) is 1. The van der Waals surface area contributed by atoms with E-state index in [9.17, 15) is 4.79 Å².